The van der Waals surface area contributed by atoms with Gasteiger partial charge in [0.25, 0.3) is 0 Å². The number of rotatable bonds is 7. The molecule has 8 heteroatoms. The molecule has 2 aromatic carbocycles. The predicted octanol–water partition coefficient (Wildman–Crippen LogP) is 3.60. The Morgan fingerprint density at radius 3 is 2.71 bits per heavy atom. The van der Waals surface area contributed by atoms with E-state index in [2.05, 4.69) is 15.0 Å². The maximum atomic E-state index is 13.6. The maximum Gasteiger partial charge on any atom is 0.173 e. The van der Waals surface area contributed by atoms with Gasteiger partial charge in [0.05, 0.1) is 19.5 Å². The second kappa shape index (κ2) is 8.26. The zero-order chi connectivity index (χ0) is 19.3. The van der Waals surface area contributed by atoms with Crippen LogP contribution >= 0.6 is 11.8 Å². The Kier molecular flexibility index (Phi) is 5.38. The van der Waals surface area contributed by atoms with Crippen molar-refractivity contribution in [3.05, 3.63) is 77.8 Å². The molecule has 6 nitrogen and oxygen atoms in total. The van der Waals surface area contributed by atoms with E-state index in [-0.39, 0.29) is 17.1 Å². The number of aromatic amines is 1. The molecule has 0 unspecified atom stereocenters. The second-order valence-corrected chi connectivity index (χ2v) is 7.16. The monoisotopic (exact) mass is 395 g/mol. The summed E-state index contributed by atoms with van der Waals surface area (Å²) >= 11 is 1.46. The van der Waals surface area contributed by atoms with E-state index in [0.29, 0.717) is 35.2 Å². The molecule has 0 amide bonds. The van der Waals surface area contributed by atoms with E-state index in [4.69, 9.17) is 10.1 Å². The van der Waals surface area contributed by atoms with Crippen molar-refractivity contribution < 1.29 is 9.13 Å². The number of para-hydroxylation sites is 1. The zero-order valence-electron chi connectivity index (χ0n) is 14.9. The molecule has 0 aliphatic rings. The molecule has 2 heterocycles. The molecule has 2 N–H and O–H groups in total. The van der Waals surface area contributed by atoms with E-state index >= 15 is 0 Å². The Balaban J connectivity index is 1.46. The maximum absolute atomic E-state index is 13.6. The molecule has 0 radical (unpaired) electrons. The van der Waals surface area contributed by atoms with Crippen LogP contribution in [0.1, 0.15) is 5.56 Å². The van der Waals surface area contributed by atoms with Gasteiger partial charge in [-0.25, -0.2) is 14.4 Å². The fraction of sp³-hybridized carbons (Fsp3) is 0.150. The summed E-state index contributed by atoms with van der Waals surface area (Å²) in [5.41, 5.74) is 2.56. The number of aromatic nitrogens is 4. The standard InChI is InChI=1S/C20H18FN5OS/c21-15-8-4-5-9-16(15)27-10-11-28-20-24-17-18(22)23-13-26(19(17)25-20)12-14-6-2-1-3-7-14/h1-9,13,22H,10-12H2,(H,24,25). The first-order valence-corrected chi connectivity index (χ1v) is 9.73. The lowest BCUT2D eigenvalue weighted by molar-refractivity contribution is 0.325. The van der Waals surface area contributed by atoms with Crippen LogP contribution in [0.3, 0.4) is 0 Å². The van der Waals surface area contributed by atoms with E-state index in [1.54, 1.807) is 24.5 Å². The van der Waals surface area contributed by atoms with E-state index in [1.807, 2.05) is 34.9 Å². The molecule has 0 spiro atoms. The van der Waals surface area contributed by atoms with Crippen molar-refractivity contribution in [1.29, 1.82) is 5.41 Å². The molecule has 4 aromatic rings. The molecule has 4 rings (SSSR count). The number of hydrogen-bond donors (Lipinski definition) is 2. The molecule has 142 valence electrons. The van der Waals surface area contributed by atoms with Crippen molar-refractivity contribution in [3.8, 4) is 5.75 Å². The molecule has 0 saturated heterocycles. The number of H-pyrrole nitrogens is 1. The van der Waals surface area contributed by atoms with Crippen LogP contribution in [0.15, 0.2) is 66.1 Å². The number of benzene rings is 2. The number of thioether (sulfide) groups is 1. The number of nitrogens with one attached hydrogen (secondary N) is 2. The van der Waals surface area contributed by atoms with Crippen molar-refractivity contribution in [2.45, 2.75) is 11.7 Å². The highest BCUT2D eigenvalue weighted by molar-refractivity contribution is 7.99. The largest absolute Gasteiger partial charge is 0.490 e. The highest BCUT2D eigenvalue weighted by atomic mass is 32.2. The van der Waals surface area contributed by atoms with Crippen LogP contribution in [-0.4, -0.2) is 31.9 Å². The third kappa shape index (κ3) is 4.07. The van der Waals surface area contributed by atoms with Gasteiger partial charge in [0.15, 0.2) is 27.9 Å². The molecule has 0 saturated carbocycles. The van der Waals surface area contributed by atoms with Crippen LogP contribution < -0.4 is 10.2 Å². The highest BCUT2D eigenvalue weighted by Crippen LogP contribution is 2.19. The summed E-state index contributed by atoms with van der Waals surface area (Å²) < 4.78 is 20.9. The molecule has 0 aliphatic heterocycles. The first-order chi connectivity index (χ1) is 13.7. The summed E-state index contributed by atoms with van der Waals surface area (Å²) in [5, 5.41) is 8.71. The first-order valence-electron chi connectivity index (χ1n) is 8.74. The normalized spacial score (nSPS) is 11.0. The molecule has 0 atom stereocenters. The lowest BCUT2D eigenvalue weighted by Crippen LogP contribution is -2.13. The van der Waals surface area contributed by atoms with Gasteiger partial charge in [0.2, 0.25) is 0 Å². The summed E-state index contributed by atoms with van der Waals surface area (Å²) in [4.78, 5) is 11.9. The van der Waals surface area contributed by atoms with Gasteiger partial charge in [-0.3, -0.25) is 5.41 Å². The van der Waals surface area contributed by atoms with Crippen molar-refractivity contribution in [1.82, 2.24) is 19.5 Å². The number of nitrogens with zero attached hydrogens (tertiary/aromatic N) is 3. The van der Waals surface area contributed by atoms with Gasteiger partial charge in [-0.15, -0.1) is 0 Å². The van der Waals surface area contributed by atoms with E-state index in [9.17, 15) is 4.39 Å². The highest BCUT2D eigenvalue weighted by Gasteiger charge is 2.10. The topological polar surface area (TPSA) is 79.6 Å². The van der Waals surface area contributed by atoms with Crippen molar-refractivity contribution in [3.63, 3.8) is 0 Å². The lowest BCUT2D eigenvalue weighted by atomic mass is 10.2. The van der Waals surface area contributed by atoms with Gasteiger partial charge >= 0.3 is 0 Å². The number of hydrogen-bond acceptors (Lipinski definition) is 5. The van der Waals surface area contributed by atoms with Crippen LogP contribution in [0, 0.1) is 11.2 Å². The summed E-state index contributed by atoms with van der Waals surface area (Å²) in [6, 6.07) is 16.4. The molecule has 28 heavy (non-hydrogen) atoms. The third-order valence-corrected chi connectivity index (χ3v) is 4.95. The minimum absolute atomic E-state index is 0.154. The fourth-order valence-corrected chi connectivity index (χ4v) is 3.46. The Labute approximate surface area is 164 Å². The van der Waals surface area contributed by atoms with Crippen LogP contribution in [0.5, 0.6) is 5.75 Å². The first kappa shape index (κ1) is 18.2. The minimum atomic E-state index is -0.372. The van der Waals surface area contributed by atoms with E-state index in [0.717, 1.165) is 5.56 Å². The van der Waals surface area contributed by atoms with Crippen LogP contribution in [0.2, 0.25) is 0 Å². The van der Waals surface area contributed by atoms with Gasteiger partial charge in [0.1, 0.15) is 5.52 Å². The number of imidazole rings is 1. The zero-order valence-corrected chi connectivity index (χ0v) is 15.7. The Morgan fingerprint density at radius 2 is 1.89 bits per heavy atom. The van der Waals surface area contributed by atoms with Gasteiger partial charge < -0.3 is 14.3 Å². The van der Waals surface area contributed by atoms with E-state index < -0.39 is 0 Å². The fourth-order valence-electron chi connectivity index (χ4n) is 2.78. The van der Waals surface area contributed by atoms with Gasteiger partial charge in [0, 0.05) is 5.75 Å². The second-order valence-electron chi connectivity index (χ2n) is 6.07. The molecular formula is C20H18FN5OS. The minimum Gasteiger partial charge on any atom is -0.490 e. The third-order valence-electron chi connectivity index (χ3n) is 4.11. The Hall–Kier alpha value is -3.13. The van der Waals surface area contributed by atoms with Gasteiger partial charge in [-0.2, -0.15) is 0 Å². The average Bonchev–Trinajstić information content (AvgIpc) is 3.15. The summed E-state index contributed by atoms with van der Waals surface area (Å²) in [5.74, 6) is 0.460. The van der Waals surface area contributed by atoms with Crippen LogP contribution in [0.25, 0.3) is 11.2 Å². The SMILES string of the molecule is N=c1ncn(Cc2ccccc2)c2nc(SCCOc3ccccc3F)[nH]c12. The number of ether oxygens (including phenoxy) is 1. The molecule has 0 aliphatic carbocycles. The van der Waals surface area contributed by atoms with Crippen molar-refractivity contribution >= 4 is 22.9 Å². The lowest BCUT2D eigenvalue weighted by Gasteiger charge is -2.06. The molecule has 2 aromatic heterocycles. The molecule has 0 bridgehead atoms. The van der Waals surface area contributed by atoms with Crippen LogP contribution in [-0.2, 0) is 6.54 Å². The van der Waals surface area contributed by atoms with Crippen LogP contribution in [0.4, 0.5) is 4.39 Å². The quantitative estimate of drug-likeness (QED) is 0.370. The number of fused-ring (bicyclic) bond motifs is 1. The van der Waals surface area contributed by atoms with E-state index in [1.165, 1.54) is 17.8 Å². The Bertz CT molecular complexity index is 1140. The molecular weight excluding hydrogens is 377 g/mol. The average molecular weight is 395 g/mol. The van der Waals surface area contributed by atoms with Crippen molar-refractivity contribution in [2.24, 2.45) is 0 Å². The molecule has 0 fully saturated rings. The summed E-state index contributed by atoms with van der Waals surface area (Å²) in [6.45, 7) is 0.967. The number of halogens is 1. The summed E-state index contributed by atoms with van der Waals surface area (Å²) in [7, 11) is 0. The predicted molar refractivity (Wildman–Crippen MR) is 106 cm³/mol. The van der Waals surface area contributed by atoms with Crippen molar-refractivity contribution in [2.75, 3.05) is 12.4 Å². The van der Waals surface area contributed by atoms with Gasteiger partial charge in [-0.05, 0) is 17.7 Å². The smallest absolute Gasteiger partial charge is 0.173 e. The summed E-state index contributed by atoms with van der Waals surface area (Å²) in [6.07, 6.45) is 1.63. The Morgan fingerprint density at radius 1 is 1.11 bits per heavy atom. The van der Waals surface area contributed by atoms with Gasteiger partial charge in [-0.1, -0.05) is 54.2 Å².